The fraction of sp³-hybridized carbons (Fsp3) is 0.393. The van der Waals surface area contributed by atoms with E-state index in [2.05, 4.69) is 14.9 Å². The summed E-state index contributed by atoms with van der Waals surface area (Å²) < 4.78 is 34.0. The lowest BCUT2D eigenvalue weighted by Crippen LogP contribution is -2.42. The molecule has 5 rings (SSSR count). The third-order valence-electron chi connectivity index (χ3n) is 7.27. The molecule has 1 amide bonds. The van der Waals surface area contributed by atoms with Crippen LogP contribution in [0.5, 0.6) is 5.88 Å². The zero-order chi connectivity index (χ0) is 26.8. The Labute approximate surface area is 225 Å². The molecule has 1 aromatic heterocycles. The number of halogens is 3. The van der Waals surface area contributed by atoms with Gasteiger partial charge in [-0.2, -0.15) is 0 Å². The summed E-state index contributed by atoms with van der Waals surface area (Å²) in [6.45, 7) is 5.47. The monoisotopic (exact) mass is 541 g/mol. The minimum absolute atomic E-state index is 0.00147. The Morgan fingerprint density at radius 1 is 1.11 bits per heavy atom. The maximum atomic E-state index is 14.3. The van der Waals surface area contributed by atoms with Crippen molar-refractivity contribution in [1.82, 2.24) is 19.8 Å². The molecule has 2 aromatic carbocycles. The summed E-state index contributed by atoms with van der Waals surface area (Å²) in [4.78, 5) is 26.3. The van der Waals surface area contributed by atoms with E-state index in [0.29, 0.717) is 16.8 Å². The third-order valence-corrected chi connectivity index (χ3v) is 7.66. The van der Waals surface area contributed by atoms with Gasteiger partial charge < -0.3 is 20.3 Å². The van der Waals surface area contributed by atoms with Crippen molar-refractivity contribution in [3.8, 4) is 17.1 Å². The molecular formula is C28H30ClF2N5O2. The highest BCUT2D eigenvalue weighted by atomic mass is 35.5. The van der Waals surface area contributed by atoms with Gasteiger partial charge in [0.05, 0.1) is 16.9 Å². The van der Waals surface area contributed by atoms with Crippen LogP contribution in [0, 0.1) is 11.6 Å². The molecule has 0 bridgehead atoms. The Balaban J connectivity index is 1.31. The molecular weight excluding hydrogens is 512 g/mol. The minimum Gasteiger partial charge on any atom is -0.467 e. The Bertz CT molecular complexity index is 1320. The van der Waals surface area contributed by atoms with E-state index in [-0.39, 0.29) is 34.2 Å². The summed E-state index contributed by atoms with van der Waals surface area (Å²) in [5.74, 6) is -1.45. The molecule has 2 aliphatic heterocycles. The molecule has 1 unspecified atom stereocenters. The molecule has 2 atom stereocenters. The SMILES string of the molecule is CC(Oc1nc(-c2ccc(C(=O)N3CCC[C@@H]3CN3CCCC3)cc2)cnc1N)c1c(F)ccc(F)c1Cl. The fourth-order valence-corrected chi connectivity index (χ4v) is 5.56. The van der Waals surface area contributed by atoms with Crippen molar-refractivity contribution in [1.29, 1.82) is 0 Å². The van der Waals surface area contributed by atoms with Crippen molar-refractivity contribution in [2.75, 3.05) is 31.9 Å². The number of hydrogen-bond acceptors (Lipinski definition) is 6. The van der Waals surface area contributed by atoms with Crippen LogP contribution in [0.25, 0.3) is 11.3 Å². The van der Waals surface area contributed by atoms with E-state index in [0.717, 1.165) is 51.2 Å². The fourth-order valence-electron chi connectivity index (χ4n) is 5.25. The van der Waals surface area contributed by atoms with Crippen LogP contribution in [-0.4, -0.2) is 57.9 Å². The van der Waals surface area contributed by atoms with Crippen LogP contribution in [-0.2, 0) is 0 Å². The minimum atomic E-state index is -0.973. The van der Waals surface area contributed by atoms with Crippen LogP contribution in [0.3, 0.4) is 0 Å². The lowest BCUT2D eigenvalue weighted by Gasteiger charge is -2.28. The van der Waals surface area contributed by atoms with Gasteiger partial charge >= 0.3 is 0 Å². The number of hydrogen-bond donors (Lipinski definition) is 1. The van der Waals surface area contributed by atoms with Crippen molar-refractivity contribution in [3.05, 3.63) is 70.4 Å². The average Bonchev–Trinajstić information content (AvgIpc) is 3.60. The van der Waals surface area contributed by atoms with Gasteiger partial charge in [0.1, 0.15) is 17.7 Å². The molecule has 2 N–H and O–H groups in total. The second-order valence-corrected chi connectivity index (χ2v) is 10.2. The number of carbonyl (C=O) groups is 1. The van der Waals surface area contributed by atoms with Gasteiger partial charge in [-0.25, -0.2) is 18.7 Å². The number of likely N-dealkylation sites (tertiary alicyclic amines) is 2. The number of benzene rings is 2. The quantitative estimate of drug-likeness (QED) is 0.398. The van der Waals surface area contributed by atoms with Crippen molar-refractivity contribution >= 4 is 23.3 Å². The summed E-state index contributed by atoms with van der Waals surface area (Å²) in [7, 11) is 0. The van der Waals surface area contributed by atoms with Crippen LogP contribution < -0.4 is 10.5 Å². The van der Waals surface area contributed by atoms with Gasteiger partial charge in [0.2, 0.25) is 0 Å². The highest BCUT2D eigenvalue weighted by Gasteiger charge is 2.31. The first kappa shape index (κ1) is 26.3. The number of ether oxygens (including phenoxy) is 1. The predicted octanol–water partition coefficient (Wildman–Crippen LogP) is 5.50. The lowest BCUT2D eigenvalue weighted by atomic mass is 10.1. The van der Waals surface area contributed by atoms with Gasteiger partial charge in [-0.3, -0.25) is 4.79 Å². The van der Waals surface area contributed by atoms with Crippen LogP contribution in [0.4, 0.5) is 14.6 Å². The molecule has 0 aliphatic carbocycles. The first-order valence-electron chi connectivity index (χ1n) is 12.9. The number of aromatic nitrogens is 2. The van der Waals surface area contributed by atoms with E-state index in [4.69, 9.17) is 22.1 Å². The molecule has 3 heterocycles. The number of carbonyl (C=O) groups excluding carboxylic acids is 1. The number of anilines is 1. The lowest BCUT2D eigenvalue weighted by molar-refractivity contribution is 0.0709. The largest absolute Gasteiger partial charge is 0.467 e. The Kier molecular flexibility index (Phi) is 7.76. The second kappa shape index (κ2) is 11.2. The molecule has 38 heavy (non-hydrogen) atoms. The van der Waals surface area contributed by atoms with E-state index >= 15 is 0 Å². The Morgan fingerprint density at radius 3 is 2.55 bits per heavy atom. The summed E-state index contributed by atoms with van der Waals surface area (Å²) in [6.07, 6.45) is 5.04. The molecule has 0 radical (unpaired) electrons. The van der Waals surface area contributed by atoms with E-state index in [9.17, 15) is 13.6 Å². The van der Waals surface area contributed by atoms with Gasteiger partial charge in [0, 0.05) is 35.8 Å². The first-order chi connectivity index (χ1) is 18.3. The van der Waals surface area contributed by atoms with Crippen molar-refractivity contribution in [3.63, 3.8) is 0 Å². The van der Waals surface area contributed by atoms with Crippen molar-refractivity contribution < 1.29 is 18.3 Å². The van der Waals surface area contributed by atoms with Gasteiger partial charge in [-0.1, -0.05) is 23.7 Å². The normalized spacial score (nSPS) is 18.6. The first-order valence-corrected chi connectivity index (χ1v) is 13.3. The summed E-state index contributed by atoms with van der Waals surface area (Å²) >= 11 is 5.97. The van der Waals surface area contributed by atoms with Crippen LogP contribution in [0.1, 0.15) is 54.6 Å². The van der Waals surface area contributed by atoms with E-state index in [1.165, 1.54) is 26.0 Å². The number of nitrogens with two attached hydrogens (primary N) is 1. The predicted molar refractivity (Wildman–Crippen MR) is 142 cm³/mol. The smallest absolute Gasteiger partial charge is 0.258 e. The van der Waals surface area contributed by atoms with Crippen molar-refractivity contribution in [2.24, 2.45) is 0 Å². The van der Waals surface area contributed by atoms with E-state index < -0.39 is 17.7 Å². The number of rotatable bonds is 7. The molecule has 200 valence electrons. The molecule has 10 heteroatoms. The summed E-state index contributed by atoms with van der Waals surface area (Å²) in [6, 6.07) is 9.36. The molecule has 2 saturated heterocycles. The average molecular weight is 542 g/mol. The maximum absolute atomic E-state index is 14.3. The number of nitrogen functional groups attached to an aromatic ring is 1. The van der Waals surface area contributed by atoms with E-state index in [1.54, 1.807) is 24.3 Å². The Hall–Kier alpha value is -3.30. The zero-order valence-corrected chi connectivity index (χ0v) is 21.9. The zero-order valence-electron chi connectivity index (χ0n) is 21.2. The van der Waals surface area contributed by atoms with Crippen molar-refractivity contribution in [2.45, 2.75) is 44.8 Å². The number of nitrogens with zero attached hydrogens (tertiary/aromatic N) is 4. The summed E-state index contributed by atoms with van der Waals surface area (Å²) in [5, 5.41) is -0.360. The van der Waals surface area contributed by atoms with Gasteiger partial charge in [0.25, 0.3) is 11.8 Å². The molecule has 0 spiro atoms. The van der Waals surface area contributed by atoms with Gasteiger partial charge in [0.15, 0.2) is 5.82 Å². The van der Waals surface area contributed by atoms with Crippen LogP contribution in [0.2, 0.25) is 5.02 Å². The van der Waals surface area contributed by atoms with Crippen LogP contribution in [0.15, 0.2) is 42.6 Å². The standard InChI is InChI=1S/C28H30ClF2N5O2/c1-17(24-21(30)10-11-22(31)25(24)29)38-27-26(32)33-15-23(34-27)18-6-8-19(9-7-18)28(37)36-14-4-5-20(36)16-35-12-2-3-13-35/h6-11,15,17,20H,2-5,12-14,16H2,1H3,(H2,32,33)/t17?,20-/m1/s1. The summed E-state index contributed by atoms with van der Waals surface area (Å²) in [5.41, 5.74) is 7.60. The van der Waals surface area contributed by atoms with Crippen LogP contribution >= 0.6 is 11.6 Å². The molecule has 0 saturated carbocycles. The molecule has 2 fully saturated rings. The molecule has 2 aliphatic rings. The Morgan fingerprint density at radius 2 is 1.82 bits per heavy atom. The third kappa shape index (κ3) is 5.44. The second-order valence-electron chi connectivity index (χ2n) is 9.84. The topological polar surface area (TPSA) is 84.6 Å². The highest BCUT2D eigenvalue weighted by molar-refractivity contribution is 6.31. The highest BCUT2D eigenvalue weighted by Crippen LogP contribution is 2.33. The molecule has 3 aromatic rings. The maximum Gasteiger partial charge on any atom is 0.258 e. The van der Waals surface area contributed by atoms with Gasteiger partial charge in [-0.05, 0) is 70.0 Å². The van der Waals surface area contributed by atoms with E-state index in [1.807, 2.05) is 4.90 Å². The molecule has 7 nitrogen and oxygen atoms in total. The number of amides is 1. The van der Waals surface area contributed by atoms with Gasteiger partial charge in [-0.15, -0.1) is 0 Å².